The third kappa shape index (κ3) is 3.05. The maximum atomic E-state index is 13.4. The Kier molecular flexibility index (Phi) is 3.94. The molecule has 1 aliphatic carbocycles. The zero-order valence-corrected chi connectivity index (χ0v) is 9.88. The van der Waals surface area contributed by atoms with Gasteiger partial charge >= 0.3 is 0 Å². The molecule has 0 aliphatic heterocycles. The summed E-state index contributed by atoms with van der Waals surface area (Å²) in [5.41, 5.74) is 0.855. The predicted molar refractivity (Wildman–Crippen MR) is 64.9 cm³/mol. The summed E-state index contributed by atoms with van der Waals surface area (Å²) in [6.45, 7) is 0. The summed E-state index contributed by atoms with van der Waals surface area (Å²) < 4.78 is 13.4. The highest BCUT2D eigenvalue weighted by atomic mass is 19.1. The molecule has 1 saturated carbocycles. The quantitative estimate of drug-likeness (QED) is 0.778. The van der Waals surface area contributed by atoms with Crippen molar-refractivity contribution in [2.24, 2.45) is 5.92 Å². The van der Waals surface area contributed by atoms with Gasteiger partial charge in [-0.1, -0.05) is 18.2 Å². The van der Waals surface area contributed by atoms with E-state index in [1.165, 1.54) is 12.8 Å². The maximum absolute atomic E-state index is 13.4. The summed E-state index contributed by atoms with van der Waals surface area (Å²) >= 11 is 0. The van der Waals surface area contributed by atoms with Gasteiger partial charge in [-0.05, 0) is 56.7 Å². The van der Waals surface area contributed by atoms with E-state index in [0.29, 0.717) is 6.04 Å². The summed E-state index contributed by atoms with van der Waals surface area (Å²) in [6, 6.07) is 7.74. The minimum atomic E-state index is -0.0603. The minimum absolute atomic E-state index is 0.0603. The molecule has 0 amide bonds. The van der Waals surface area contributed by atoms with Crippen LogP contribution in [0.15, 0.2) is 24.3 Å². The first-order valence-electron chi connectivity index (χ1n) is 6.22. The van der Waals surface area contributed by atoms with Gasteiger partial charge < -0.3 is 5.32 Å². The van der Waals surface area contributed by atoms with E-state index in [9.17, 15) is 4.39 Å². The number of hydrogen-bond donors (Lipinski definition) is 1. The predicted octanol–water partition coefficient (Wildman–Crippen LogP) is 3.15. The Morgan fingerprint density at radius 1 is 1.38 bits per heavy atom. The number of benzene rings is 1. The smallest absolute Gasteiger partial charge is 0.126 e. The molecular formula is C14H20FN. The van der Waals surface area contributed by atoms with E-state index < -0.39 is 0 Å². The molecule has 2 heteroatoms. The highest BCUT2D eigenvalue weighted by molar-refractivity contribution is 5.17. The van der Waals surface area contributed by atoms with Gasteiger partial charge in [-0.2, -0.15) is 0 Å². The Morgan fingerprint density at radius 3 is 2.75 bits per heavy atom. The summed E-state index contributed by atoms with van der Waals surface area (Å²) in [4.78, 5) is 0. The van der Waals surface area contributed by atoms with Crippen LogP contribution in [-0.4, -0.2) is 13.1 Å². The molecule has 16 heavy (non-hydrogen) atoms. The topological polar surface area (TPSA) is 12.0 Å². The minimum Gasteiger partial charge on any atom is -0.317 e. The van der Waals surface area contributed by atoms with Crippen molar-refractivity contribution >= 4 is 0 Å². The van der Waals surface area contributed by atoms with Crippen LogP contribution >= 0.6 is 0 Å². The van der Waals surface area contributed by atoms with Crippen molar-refractivity contribution in [3.8, 4) is 0 Å². The molecule has 0 radical (unpaired) electrons. The standard InChI is InChI=1S/C14H20FN/c1-16-14(12-9-10-12)8-4-6-11-5-2-3-7-13(11)15/h2-3,5,7,12,14,16H,4,6,8-10H2,1H3. The second-order valence-corrected chi connectivity index (χ2v) is 4.72. The van der Waals surface area contributed by atoms with Crippen molar-refractivity contribution in [3.63, 3.8) is 0 Å². The zero-order valence-electron chi connectivity index (χ0n) is 9.88. The van der Waals surface area contributed by atoms with E-state index in [1.54, 1.807) is 12.1 Å². The number of hydrogen-bond acceptors (Lipinski definition) is 1. The molecule has 1 nitrogen and oxygen atoms in total. The molecule has 1 fully saturated rings. The fourth-order valence-corrected chi connectivity index (χ4v) is 2.33. The van der Waals surface area contributed by atoms with E-state index in [0.717, 1.165) is 30.7 Å². The Labute approximate surface area is 97.1 Å². The molecular weight excluding hydrogens is 201 g/mol. The molecule has 0 bridgehead atoms. The molecule has 0 heterocycles. The molecule has 1 aromatic carbocycles. The van der Waals surface area contributed by atoms with Gasteiger partial charge in [0.2, 0.25) is 0 Å². The van der Waals surface area contributed by atoms with Crippen LogP contribution in [-0.2, 0) is 6.42 Å². The molecule has 1 unspecified atom stereocenters. The second-order valence-electron chi connectivity index (χ2n) is 4.72. The summed E-state index contributed by atoms with van der Waals surface area (Å²) in [6.07, 6.45) is 5.83. The van der Waals surface area contributed by atoms with Crippen molar-refractivity contribution in [2.45, 2.75) is 38.1 Å². The Balaban J connectivity index is 1.77. The van der Waals surface area contributed by atoms with Gasteiger partial charge in [0.15, 0.2) is 0 Å². The molecule has 1 N–H and O–H groups in total. The number of nitrogens with one attached hydrogen (secondary N) is 1. The van der Waals surface area contributed by atoms with Crippen LogP contribution < -0.4 is 5.32 Å². The van der Waals surface area contributed by atoms with Gasteiger partial charge in [-0.15, -0.1) is 0 Å². The van der Waals surface area contributed by atoms with Gasteiger partial charge in [0.1, 0.15) is 5.82 Å². The average Bonchev–Trinajstić information content (AvgIpc) is 3.11. The van der Waals surface area contributed by atoms with E-state index in [2.05, 4.69) is 5.32 Å². The Hall–Kier alpha value is -0.890. The SMILES string of the molecule is CNC(CCCc1ccccc1F)C1CC1. The second kappa shape index (κ2) is 5.44. The van der Waals surface area contributed by atoms with Gasteiger partial charge in [-0.25, -0.2) is 4.39 Å². The largest absolute Gasteiger partial charge is 0.317 e. The number of halogens is 1. The molecule has 0 spiro atoms. The molecule has 0 saturated heterocycles. The fourth-order valence-electron chi connectivity index (χ4n) is 2.33. The lowest BCUT2D eigenvalue weighted by Gasteiger charge is -2.14. The first kappa shape index (κ1) is 11.6. The lowest BCUT2D eigenvalue weighted by Crippen LogP contribution is -2.27. The van der Waals surface area contributed by atoms with Crippen LogP contribution in [0.2, 0.25) is 0 Å². The summed E-state index contributed by atoms with van der Waals surface area (Å²) in [5.74, 6) is 0.820. The highest BCUT2D eigenvalue weighted by Crippen LogP contribution is 2.34. The average molecular weight is 221 g/mol. The fraction of sp³-hybridized carbons (Fsp3) is 0.571. The van der Waals surface area contributed by atoms with Gasteiger partial charge in [0, 0.05) is 6.04 Å². The van der Waals surface area contributed by atoms with Crippen LogP contribution in [0, 0.1) is 11.7 Å². The number of aryl methyl sites for hydroxylation is 1. The normalized spacial score (nSPS) is 17.4. The Bertz CT molecular complexity index is 333. The third-order valence-electron chi connectivity index (χ3n) is 3.48. The van der Waals surface area contributed by atoms with Crippen molar-refractivity contribution in [3.05, 3.63) is 35.6 Å². The maximum Gasteiger partial charge on any atom is 0.126 e. The van der Waals surface area contributed by atoms with Crippen LogP contribution in [0.1, 0.15) is 31.2 Å². The zero-order chi connectivity index (χ0) is 11.4. The van der Waals surface area contributed by atoms with E-state index >= 15 is 0 Å². The van der Waals surface area contributed by atoms with Crippen molar-refractivity contribution < 1.29 is 4.39 Å². The first-order chi connectivity index (χ1) is 7.81. The summed E-state index contributed by atoms with van der Waals surface area (Å²) in [7, 11) is 2.03. The number of rotatable bonds is 6. The molecule has 88 valence electrons. The van der Waals surface area contributed by atoms with E-state index in [4.69, 9.17) is 0 Å². The third-order valence-corrected chi connectivity index (χ3v) is 3.48. The Morgan fingerprint density at radius 2 is 2.12 bits per heavy atom. The van der Waals surface area contributed by atoms with E-state index in [1.807, 2.05) is 19.2 Å². The van der Waals surface area contributed by atoms with Crippen LogP contribution in [0.3, 0.4) is 0 Å². The van der Waals surface area contributed by atoms with Crippen molar-refractivity contribution in [1.82, 2.24) is 5.32 Å². The highest BCUT2D eigenvalue weighted by Gasteiger charge is 2.29. The monoisotopic (exact) mass is 221 g/mol. The lowest BCUT2D eigenvalue weighted by molar-refractivity contribution is 0.454. The molecule has 2 rings (SSSR count). The van der Waals surface area contributed by atoms with Crippen LogP contribution in [0.5, 0.6) is 0 Å². The van der Waals surface area contributed by atoms with Crippen LogP contribution in [0.4, 0.5) is 4.39 Å². The van der Waals surface area contributed by atoms with Gasteiger partial charge in [0.25, 0.3) is 0 Å². The van der Waals surface area contributed by atoms with E-state index in [-0.39, 0.29) is 5.82 Å². The van der Waals surface area contributed by atoms with Crippen molar-refractivity contribution in [2.75, 3.05) is 7.05 Å². The van der Waals surface area contributed by atoms with Gasteiger partial charge in [0.05, 0.1) is 0 Å². The lowest BCUT2D eigenvalue weighted by atomic mass is 10.0. The summed E-state index contributed by atoms with van der Waals surface area (Å²) in [5, 5.41) is 3.37. The first-order valence-corrected chi connectivity index (χ1v) is 6.22. The van der Waals surface area contributed by atoms with Crippen LogP contribution in [0.25, 0.3) is 0 Å². The molecule has 1 aliphatic rings. The molecule has 1 atom stereocenters. The molecule has 0 aromatic heterocycles. The van der Waals surface area contributed by atoms with Crippen molar-refractivity contribution in [1.29, 1.82) is 0 Å². The van der Waals surface area contributed by atoms with Gasteiger partial charge in [-0.3, -0.25) is 0 Å². The molecule has 1 aromatic rings.